The zero-order valence-corrected chi connectivity index (χ0v) is 15.5. The van der Waals surface area contributed by atoms with Crippen LogP contribution in [0.2, 0.25) is 5.02 Å². The number of fused-ring (bicyclic) bond motifs is 1. The number of nitrogens with one attached hydrogen (secondary N) is 1. The molecule has 0 radical (unpaired) electrons. The van der Waals surface area contributed by atoms with Gasteiger partial charge >= 0.3 is 0 Å². The molecule has 0 unspecified atom stereocenters. The molecule has 2 heterocycles. The number of sulfonamides is 1. The van der Waals surface area contributed by atoms with E-state index in [-0.39, 0.29) is 17.9 Å². The lowest BCUT2D eigenvalue weighted by Crippen LogP contribution is -2.43. The van der Waals surface area contributed by atoms with Crippen LogP contribution in [0.25, 0.3) is 0 Å². The van der Waals surface area contributed by atoms with Crippen LogP contribution in [0.4, 0.5) is 0 Å². The van der Waals surface area contributed by atoms with Crippen LogP contribution in [0.1, 0.15) is 37.9 Å². The van der Waals surface area contributed by atoms with Gasteiger partial charge in [0.1, 0.15) is 0 Å². The first-order valence-electron chi connectivity index (χ1n) is 8.58. The molecule has 0 aromatic heterocycles. The molecule has 0 aliphatic carbocycles. The van der Waals surface area contributed by atoms with E-state index in [1.165, 1.54) is 0 Å². The van der Waals surface area contributed by atoms with Crippen LogP contribution in [0.3, 0.4) is 0 Å². The van der Waals surface area contributed by atoms with Gasteiger partial charge in [-0.05, 0) is 30.5 Å². The Labute approximate surface area is 149 Å². The summed E-state index contributed by atoms with van der Waals surface area (Å²) in [5, 5.41) is 0.718. The van der Waals surface area contributed by atoms with Gasteiger partial charge in [-0.25, -0.2) is 13.1 Å². The van der Waals surface area contributed by atoms with E-state index in [1.54, 1.807) is 0 Å². The monoisotopic (exact) mass is 372 g/mol. The molecule has 0 spiro atoms. The summed E-state index contributed by atoms with van der Waals surface area (Å²) in [7, 11) is -3.17. The Morgan fingerprint density at radius 1 is 1.29 bits per heavy atom. The maximum Gasteiger partial charge on any atom is 0.211 e. The summed E-state index contributed by atoms with van der Waals surface area (Å²) in [6, 6.07) is 8.03. The van der Waals surface area contributed by atoms with Gasteiger partial charge in [0.25, 0.3) is 0 Å². The lowest BCUT2D eigenvalue weighted by molar-refractivity contribution is -0.0502. The number of halogens is 1. The quantitative estimate of drug-likeness (QED) is 0.833. The molecular weight excluding hydrogens is 348 g/mol. The predicted molar refractivity (Wildman–Crippen MR) is 95.7 cm³/mol. The summed E-state index contributed by atoms with van der Waals surface area (Å²) in [4.78, 5) is 2.34. The van der Waals surface area contributed by atoms with E-state index < -0.39 is 10.0 Å². The second kappa shape index (κ2) is 7.70. The van der Waals surface area contributed by atoms with Crippen LogP contribution < -0.4 is 4.72 Å². The third kappa shape index (κ3) is 4.49. The highest BCUT2D eigenvalue weighted by atomic mass is 35.5. The molecule has 2 aliphatic heterocycles. The normalized spacial score (nSPS) is 28.0. The number of rotatable bonds is 6. The second-order valence-corrected chi connectivity index (χ2v) is 9.01. The zero-order valence-electron chi connectivity index (χ0n) is 13.9. The molecule has 2 saturated heterocycles. The number of benzene rings is 1. The fourth-order valence-corrected chi connectivity index (χ4v) is 5.08. The average Bonchev–Trinajstić information content (AvgIpc) is 2.94. The molecule has 2 aliphatic rings. The molecule has 7 heteroatoms. The van der Waals surface area contributed by atoms with Gasteiger partial charge in [0.05, 0.1) is 18.5 Å². The smallest absolute Gasteiger partial charge is 0.211 e. The molecular formula is C17H25ClN2O3S. The Morgan fingerprint density at radius 3 is 2.75 bits per heavy atom. The number of nitrogens with zero attached hydrogens (tertiary/aromatic N) is 1. The summed E-state index contributed by atoms with van der Waals surface area (Å²) in [5.41, 5.74) is 1.12. The van der Waals surface area contributed by atoms with Crippen LogP contribution in [-0.2, 0) is 14.8 Å². The van der Waals surface area contributed by atoms with Crippen molar-refractivity contribution in [2.24, 2.45) is 0 Å². The number of hydrogen-bond acceptors (Lipinski definition) is 4. The molecule has 134 valence electrons. The van der Waals surface area contributed by atoms with Crippen LogP contribution in [-0.4, -0.2) is 50.9 Å². The molecule has 0 amide bonds. The predicted octanol–water partition coefficient (Wildman–Crippen LogP) is 2.57. The van der Waals surface area contributed by atoms with Crippen LogP contribution in [0, 0.1) is 0 Å². The van der Waals surface area contributed by atoms with Crippen molar-refractivity contribution in [3.8, 4) is 0 Å². The molecule has 1 aromatic carbocycles. The number of morpholine rings is 1. The third-order valence-electron chi connectivity index (χ3n) is 4.77. The summed E-state index contributed by atoms with van der Waals surface area (Å²) < 4.78 is 33.1. The largest absolute Gasteiger partial charge is 0.371 e. The minimum Gasteiger partial charge on any atom is -0.371 e. The Morgan fingerprint density at radius 2 is 2.04 bits per heavy atom. The van der Waals surface area contributed by atoms with Crippen molar-refractivity contribution in [3.63, 3.8) is 0 Å². The van der Waals surface area contributed by atoms with E-state index in [9.17, 15) is 8.42 Å². The fourth-order valence-electron chi connectivity index (χ4n) is 3.49. The summed E-state index contributed by atoms with van der Waals surface area (Å²) in [6.45, 7) is 4.18. The molecule has 3 rings (SSSR count). The first kappa shape index (κ1) is 18.1. The second-order valence-electron chi connectivity index (χ2n) is 6.70. The minimum absolute atomic E-state index is 0.00979. The molecule has 2 fully saturated rings. The van der Waals surface area contributed by atoms with Gasteiger partial charge in [-0.3, -0.25) is 4.90 Å². The van der Waals surface area contributed by atoms with Crippen molar-refractivity contribution in [2.45, 2.75) is 44.4 Å². The van der Waals surface area contributed by atoms with Crippen molar-refractivity contribution >= 4 is 21.6 Å². The zero-order chi connectivity index (χ0) is 17.2. The van der Waals surface area contributed by atoms with Gasteiger partial charge in [-0.15, -0.1) is 0 Å². The number of hydrogen-bond donors (Lipinski definition) is 1. The van der Waals surface area contributed by atoms with E-state index in [0.717, 1.165) is 36.5 Å². The summed E-state index contributed by atoms with van der Waals surface area (Å²) >= 11 is 5.94. The minimum atomic E-state index is -3.17. The van der Waals surface area contributed by atoms with Crippen LogP contribution in [0.15, 0.2) is 24.3 Å². The van der Waals surface area contributed by atoms with Gasteiger partial charge in [-0.2, -0.15) is 0 Å². The maximum absolute atomic E-state index is 12.1. The van der Waals surface area contributed by atoms with Gasteiger partial charge < -0.3 is 4.74 Å². The molecule has 1 N–H and O–H groups in total. The standard InChI is InChI=1S/C17H25ClN2O3S/c1-2-3-8-24(21,22)19-15-9-16-12-23-17(11-20(16)10-15)13-4-6-14(18)7-5-13/h4-7,15-17,19H,2-3,8-12H2,1H3/t15-,16-,17+/m0/s1. The SMILES string of the molecule is CCCCS(=O)(=O)N[C@H]1C[C@H]2CO[C@@H](c3ccc(Cl)cc3)CN2C1. The molecule has 3 atom stereocenters. The maximum atomic E-state index is 12.1. The number of unbranched alkanes of at least 4 members (excludes halogenated alkanes) is 1. The summed E-state index contributed by atoms with van der Waals surface area (Å²) in [6.07, 6.45) is 2.43. The Bertz CT molecular complexity index is 650. The van der Waals surface area contributed by atoms with Crippen LogP contribution in [0.5, 0.6) is 0 Å². The Kier molecular flexibility index (Phi) is 5.82. The van der Waals surface area contributed by atoms with Crippen LogP contribution >= 0.6 is 11.6 Å². The molecule has 24 heavy (non-hydrogen) atoms. The van der Waals surface area contributed by atoms with Crippen molar-refractivity contribution in [3.05, 3.63) is 34.9 Å². The average molecular weight is 373 g/mol. The fraction of sp³-hybridized carbons (Fsp3) is 0.647. The first-order chi connectivity index (χ1) is 11.5. The molecule has 0 saturated carbocycles. The lowest BCUT2D eigenvalue weighted by atomic mass is 10.1. The Balaban J connectivity index is 1.57. The van der Waals surface area contributed by atoms with Gasteiger partial charge in [0, 0.05) is 30.2 Å². The third-order valence-corrected chi connectivity index (χ3v) is 6.54. The molecule has 5 nitrogen and oxygen atoms in total. The van der Waals surface area contributed by atoms with Gasteiger partial charge in [0.2, 0.25) is 10.0 Å². The topological polar surface area (TPSA) is 58.6 Å². The van der Waals surface area contributed by atoms with Crippen molar-refractivity contribution < 1.29 is 13.2 Å². The first-order valence-corrected chi connectivity index (χ1v) is 10.6. The number of ether oxygens (including phenoxy) is 1. The van der Waals surface area contributed by atoms with E-state index >= 15 is 0 Å². The Hall–Kier alpha value is -0.660. The van der Waals surface area contributed by atoms with Crippen molar-refractivity contribution in [1.29, 1.82) is 0 Å². The van der Waals surface area contributed by atoms with Gasteiger partial charge in [-0.1, -0.05) is 37.1 Å². The van der Waals surface area contributed by atoms with E-state index in [2.05, 4.69) is 9.62 Å². The van der Waals surface area contributed by atoms with Gasteiger partial charge in [0.15, 0.2) is 0 Å². The van der Waals surface area contributed by atoms with Crippen molar-refractivity contribution in [1.82, 2.24) is 9.62 Å². The lowest BCUT2D eigenvalue weighted by Gasteiger charge is -2.35. The highest BCUT2D eigenvalue weighted by Gasteiger charge is 2.38. The highest BCUT2D eigenvalue weighted by molar-refractivity contribution is 7.89. The van der Waals surface area contributed by atoms with E-state index in [0.29, 0.717) is 19.1 Å². The highest BCUT2D eigenvalue weighted by Crippen LogP contribution is 2.31. The summed E-state index contributed by atoms with van der Waals surface area (Å²) in [5.74, 6) is 0.217. The molecule has 0 bridgehead atoms. The van der Waals surface area contributed by atoms with E-state index in [4.69, 9.17) is 16.3 Å². The molecule has 1 aromatic rings. The van der Waals surface area contributed by atoms with Crippen molar-refractivity contribution in [2.75, 3.05) is 25.4 Å². The van der Waals surface area contributed by atoms with E-state index in [1.807, 2.05) is 31.2 Å².